The van der Waals surface area contributed by atoms with Gasteiger partial charge in [-0.1, -0.05) is 11.6 Å². The Balaban J connectivity index is 1.59. The van der Waals surface area contributed by atoms with Crippen molar-refractivity contribution in [3.8, 4) is 0 Å². The SMILES string of the molecule is O=C(CCc1nccs1)c1ccc(CNS(=O)(=O)c2ccc(F)c(Cl)c2)nc1. The van der Waals surface area contributed by atoms with Crippen LogP contribution < -0.4 is 4.72 Å². The molecule has 0 aliphatic heterocycles. The topological polar surface area (TPSA) is 89.0 Å². The van der Waals surface area contributed by atoms with Crippen LogP contribution in [0, 0.1) is 5.82 Å². The van der Waals surface area contributed by atoms with Gasteiger partial charge in [0.2, 0.25) is 10.0 Å². The summed E-state index contributed by atoms with van der Waals surface area (Å²) in [6.07, 6.45) is 4.01. The highest BCUT2D eigenvalue weighted by molar-refractivity contribution is 7.89. The van der Waals surface area contributed by atoms with E-state index in [1.54, 1.807) is 18.3 Å². The van der Waals surface area contributed by atoms with Crippen molar-refractivity contribution in [1.82, 2.24) is 14.7 Å². The summed E-state index contributed by atoms with van der Waals surface area (Å²) >= 11 is 7.13. The fourth-order valence-electron chi connectivity index (χ4n) is 2.33. The molecule has 0 aliphatic rings. The summed E-state index contributed by atoms with van der Waals surface area (Å²) in [5, 5.41) is 2.48. The van der Waals surface area contributed by atoms with Gasteiger partial charge in [-0.05, 0) is 30.3 Å². The smallest absolute Gasteiger partial charge is 0.240 e. The van der Waals surface area contributed by atoms with Gasteiger partial charge in [-0.3, -0.25) is 9.78 Å². The second kappa shape index (κ2) is 8.87. The first-order valence-electron chi connectivity index (χ1n) is 8.16. The first-order valence-corrected chi connectivity index (χ1v) is 10.9. The van der Waals surface area contributed by atoms with Crippen molar-refractivity contribution >= 4 is 38.7 Å². The first kappa shape index (κ1) is 20.5. The van der Waals surface area contributed by atoms with E-state index in [1.807, 2.05) is 5.38 Å². The number of thiazole rings is 1. The van der Waals surface area contributed by atoms with Crippen LogP contribution >= 0.6 is 22.9 Å². The zero-order valence-corrected chi connectivity index (χ0v) is 16.8. The lowest BCUT2D eigenvalue weighted by atomic mass is 10.1. The number of pyridine rings is 1. The van der Waals surface area contributed by atoms with Crippen LogP contribution in [0.4, 0.5) is 4.39 Å². The van der Waals surface area contributed by atoms with Crippen LogP contribution in [-0.2, 0) is 23.0 Å². The molecule has 1 aromatic carbocycles. The van der Waals surface area contributed by atoms with Crippen LogP contribution in [0.15, 0.2) is 53.0 Å². The van der Waals surface area contributed by atoms with Gasteiger partial charge in [0, 0.05) is 36.2 Å². The summed E-state index contributed by atoms with van der Waals surface area (Å²) < 4.78 is 40.1. The number of nitrogens with zero attached hydrogens (tertiary/aromatic N) is 2. The molecule has 0 amide bonds. The maximum atomic E-state index is 13.2. The Morgan fingerprint density at radius 1 is 1.21 bits per heavy atom. The lowest BCUT2D eigenvalue weighted by Crippen LogP contribution is -2.23. The van der Waals surface area contributed by atoms with Gasteiger partial charge in [0.1, 0.15) is 5.82 Å². The Labute approximate surface area is 170 Å². The number of benzene rings is 1. The molecule has 0 radical (unpaired) electrons. The zero-order chi connectivity index (χ0) is 20.1. The maximum Gasteiger partial charge on any atom is 0.240 e. The molecule has 0 saturated heterocycles. The van der Waals surface area contributed by atoms with E-state index in [0.717, 1.165) is 23.2 Å². The Morgan fingerprint density at radius 2 is 2.04 bits per heavy atom. The van der Waals surface area contributed by atoms with E-state index in [4.69, 9.17) is 11.6 Å². The molecule has 0 fully saturated rings. The molecule has 146 valence electrons. The lowest BCUT2D eigenvalue weighted by molar-refractivity contribution is 0.0982. The molecule has 1 N–H and O–H groups in total. The van der Waals surface area contributed by atoms with Gasteiger partial charge in [0.25, 0.3) is 0 Å². The average molecular weight is 440 g/mol. The highest BCUT2D eigenvalue weighted by Crippen LogP contribution is 2.19. The Kier molecular flexibility index (Phi) is 6.50. The number of rotatable bonds is 8. The summed E-state index contributed by atoms with van der Waals surface area (Å²) in [6, 6.07) is 6.34. The molecule has 10 heteroatoms. The first-order chi connectivity index (χ1) is 13.3. The molecule has 2 aromatic heterocycles. The molecule has 3 aromatic rings. The Bertz CT molecular complexity index is 1070. The van der Waals surface area contributed by atoms with E-state index in [-0.39, 0.29) is 22.2 Å². The van der Waals surface area contributed by atoms with Crippen molar-refractivity contribution in [1.29, 1.82) is 0 Å². The van der Waals surface area contributed by atoms with E-state index >= 15 is 0 Å². The molecule has 28 heavy (non-hydrogen) atoms. The number of aromatic nitrogens is 2. The highest BCUT2D eigenvalue weighted by Gasteiger charge is 2.16. The number of sulfonamides is 1. The molecule has 3 rings (SSSR count). The minimum absolute atomic E-state index is 0.0595. The number of hydrogen-bond acceptors (Lipinski definition) is 6. The molecule has 0 saturated carbocycles. The maximum absolute atomic E-state index is 13.2. The summed E-state index contributed by atoms with van der Waals surface area (Å²) in [4.78, 5) is 20.3. The zero-order valence-electron chi connectivity index (χ0n) is 14.4. The van der Waals surface area contributed by atoms with Crippen LogP contribution in [0.1, 0.15) is 27.5 Å². The van der Waals surface area contributed by atoms with Gasteiger partial charge in [-0.25, -0.2) is 22.5 Å². The third-order valence-corrected chi connectivity index (χ3v) is 6.37. The van der Waals surface area contributed by atoms with Crippen molar-refractivity contribution in [2.45, 2.75) is 24.3 Å². The molecule has 2 heterocycles. The summed E-state index contributed by atoms with van der Waals surface area (Å²) in [5.74, 6) is -0.756. The highest BCUT2D eigenvalue weighted by atomic mass is 35.5. The van der Waals surface area contributed by atoms with E-state index < -0.39 is 15.8 Å². The van der Waals surface area contributed by atoms with Crippen LogP contribution in [-0.4, -0.2) is 24.2 Å². The van der Waals surface area contributed by atoms with Gasteiger partial charge in [-0.15, -0.1) is 11.3 Å². The summed E-state index contributed by atoms with van der Waals surface area (Å²) in [5.41, 5.74) is 0.890. The van der Waals surface area contributed by atoms with Crippen molar-refractivity contribution in [2.24, 2.45) is 0 Å². The van der Waals surface area contributed by atoms with Gasteiger partial charge in [0.15, 0.2) is 5.78 Å². The van der Waals surface area contributed by atoms with Crippen LogP contribution in [0.25, 0.3) is 0 Å². The predicted molar refractivity (Wildman–Crippen MR) is 104 cm³/mol. The fourth-order valence-corrected chi connectivity index (χ4v) is 4.22. The molecule has 0 spiro atoms. The minimum Gasteiger partial charge on any atom is -0.294 e. The summed E-state index contributed by atoms with van der Waals surface area (Å²) in [7, 11) is -3.87. The van der Waals surface area contributed by atoms with Gasteiger partial charge in [-0.2, -0.15) is 0 Å². The van der Waals surface area contributed by atoms with Crippen molar-refractivity contribution in [3.63, 3.8) is 0 Å². The second-order valence-electron chi connectivity index (χ2n) is 5.79. The molecule has 6 nitrogen and oxygen atoms in total. The molecule has 0 aliphatic carbocycles. The van der Waals surface area contributed by atoms with E-state index in [9.17, 15) is 17.6 Å². The quantitative estimate of drug-likeness (QED) is 0.541. The number of hydrogen-bond donors (Lipinski definition) is 1. The number of carbonyl (C=O) groups is 1. The summed E-state index contributed by atoms with van der Waals surface area (Å²) in [6.45, 7) is -0.0785. The lowest BCUT2D eigenvalue weighted by Gasteiger charge is -2.08. The number of carbonyl (C=O) groups excluding carboxylic acids is 1. The number of halogens is 2. The number of Topliss-reactive ketones (excluding diaryl/α,β-unsaturated/α-hetero) is 1. The number of aryl methyl sites for hydroxylation is 1. The van der Waals surface area contributed by atoms with E-state index in [2.05, 4.69) is 14.7 Å². The largest absolute Gasteiger partial charge is 0.294 e. The Hall–Kier alpha value is -2.20. The number of ketones is 1. The molecule has 0 bridgehead atoms. The third-order valence-electron chi connectivity index (χ3n) is 3.84. The van der Waals surface area contributed by atoms with Crippen molar-refractivity contribution in [2.75, 3.05) is 0 Å². The normalized spacial score (nSPS) is 11.5. The van der Waals surface area contributed by atoms with Gasteiger partial charge >= 0.3 is 0 Å². The van der Waals surface area contributed by atoms with Crippen LogP contribution in [0.2, 0.25) is 5.02 Å². The minimum atomic E-state index is -3.87. The standard InChI is InChI=1S/C18H15ClFN3O3S2/c19-15-9-14(3-4-16(15)20)28(25,26)23-11-13-2-1-12(10-22-13)17(24)5-6-18-21-7-8-27-18/h1-4,7-10,23H,5-6,11H2. The van der Waals surface area contributed by atoms with E-state index in [0.29, 0.717) is 24.1 Å². The molecule has 0 atom stereocenters. The Morgan fingerprint density at radius 3 is 2.68 bits per heavy atom. The van der Waals surface area contributed by atoms with Crippen molar-refractivity contribution < 1.29 is 17.6 Å². The monoisotopic (exact) mass is 439 g/mol. The third kappa shape index (κ3) is 5.20. The van der Waals surface area contributed by atoms with Crippen molar-refractivity contribution in [3.05, 3.63) is 75.2 Å². The molecular formula is C18H15ClFN3O3S2. The van der Waals surface area contributed by atoms with Gasteiger partial charge < -0.3 is 0 Å². The van der Waals surface area contributed by atoms with Crippen LogP contribution in [0.5, 0.6) is 0 Å². The second-order valence-corrected chi connectivity index (χ2v) is 8.94. The molecule has 0 unspecified atom stereocenters. The van der Waals surface area contributed by atoms with E-state index in [1.165, 1.54) is 17.5 Å². The van der Waals surface area contributed by atoms with Gasteiger partial charge in [0.05, 0.1) is 27.2 Å². The predicted octanol–water partition coefficient (Wildman–Crippen LogP) is 3.62. The molecular weight excluding hydrogens is 425 g/mol. The number of nitrogens with one attached hydrogen (secondary N) is 1. The fraction of sp³-hybridized carbons (Fsp3) is 0.167. The van der Waals surface area contributed by atoms with Crippen LogP contribution in [0.3, 0.4) is 0 Å². The average Bonchev–Trinajstić information content (AvgIpc) is 3.20.